The zero-order chi connectivity index (χ0) is 17.1. The van der Waals surface area contributed by atoms with Crippen LogP contribution in [0.1, 0.15) is 0 Å². The number of hydrogen-bond donors (Lipinski definition) is 0. The quantitative estimate of drug-likeness (QED) is 0.158. The van der Waals surface area contributed by atoms with Crippen LogP contribution in [-0.4, -0.2) is 68.9 Å². The van der Waals surface area contributed by atoms with Crippen molar-refractivity contribution in [2.24, 2.45) is 0 Å². The number of alkyl halides is 4. The summed E-state index contributed by atoms with van der Waals surface area (Å²) in [5.74, 6) is -4.03. The number of carbonyl (C=O) groups is 4. The molecule has 8 nitrogen and oxygen atoms in total. The van der Waals surface area contributed by atoms with Gasteiger partial charge in [-0.25, -0.2) is 0 Å². The normalized spacial score (nSPS) is 7.05. The molecule has 0 spiro atoms. The predicted molar refractivity (Wildman–Crippen MR) is 101 cm³/mol. The van der Waals surface area contributed by atoms with Crippen molar-refractivity contribution in [2.45, 2.75) is 0 Å². The van der Waals surface area contributed by atoms with Crippen LogP contribution in [0.5, 0.6) is 0 Å². The molecule has 120 valence electrons. The molecule has 0 amide bonds. The van der Waals surface area contributed by atoms with Crippen molar-refractivity contribution in [1.82, 2.24) is 0 Å². The van der Waals surface area contributed by atoms with Crippen LogP contribution in [0.4, 0.5) is 0 Å². The third-order valence-electron chi connectivity index (χ3n) is 0.436. The summed E-state index contributed by atoms with van der Waals surface area (Å²) in [5.41, 5.74) is 0. The summed E-state index contributed by atoms with van der Waals surface area (Å²) in [5, 5.41) is 37.0. The smallest absolute Gasteiger partial charge is 0.549 e. The zero-order valence-corrected chi connectivity index (χ0v) is 22.6. The van der Waals surface area contributed by atoms with E-state index in [1.807, 2.05) is 0 Å². The van der Waals surface area contributed by atoms with Crippen LogP contribution in [0.15, 0.2) is 0 Å². The first-order valence-electron chi connectivity index (χ1n) is 4.12. The SMILES string of the molecule is O=C([O-])CI.O=C([O-])CI.O=C([O-])CI.O=C([O-])CI.[Pb+4]. The average molecular weight is 947 g/mol. The number of carboxylic acid groups (broad SMARTS) is 4. The van der Waals surface area contributed by atoms with Crippen LogP contribution < -0.4 is 20.4 Å². The van der Waals surface area contributed by atoms with Gasteiger partial charge in [-0.1, -0.05) is 90.4 Å². The Labute approximate surface area is 195 Å². The maximum atomic E-state index is 9.25. The van der Waals surface area contributed by atoms with Crippen LogP contribution >= 0.6 is 90.4 Å². The monoisotopic (exact) mass is 948 g/mol. The van der Waals surface area contributed by atoms with Crippen molar-refractivity contribution in [1.29, 1.82) is 0 Å². The maximum Gasteiger partial charge on any atom is 4.00 e. The molecule has 0 saturated heterocycles. The second-order valence-electron chi connectivity index (χ2n) is 2.02. The number of rotatable bonds is 4. The Balaban J connectivity index is -0.0000000533. The fourth-order valence-electron chi connectivity index (χ4n) is 0. The van der Waals surface area contributed by atoms with Crippen molar-refractivity contribution >= 4 is 142 Å². The van der Waals surface area contributed by atoms with Gasteiger partial charge in [-0.05, 0) is 0 Å². The molecular formula is C8H8I4O8Pb. The Morgan fingerprint density at radius 1 is 0.524 bits per heavy atom. The van der Waals surface area contributed by atoms with Gasteiger partial charge in [-0.3, -0.25) is 0 Å². The first-order valence-corrected chi connectivity index (χ1v) is 10.2. The van der Waals surface area contributed by atoms with Crippen molar-refractivity contribution in [2.75, 3.05) is 17.7 Å². The van der Waals surface area contributed by atoms with Crippen LogP contribution in [0, 0.1) is 0 Å². The van der Waals surface area contributed by atoms with E-state index in [2.05, 4.69) is 0 Å². The number of hydrogen-bond acceptors (Lipinski definition) is 8. The molecule has 0 heterocycles. The summed E-state index contributed by atoms with van der Waals surface area (Å²) in [6, 6.07) is 0. The molecule has 0 bridgehead atoms. The largest absolute Gasteiger partial charge is 4.00 e. The van der Waals surface area contributed by atoms with Crippen LogP contribution in [0.2, 0.25) is 0 Å². The molecule has 0 N–H and O–H groups in total. The van der Waals surface area contributed by atoms with Crippen LogP contribution in [0.3, 0.4) is 0 Å². The summed E-state index contributed by atoms with van der Waals surface area (Å²) >= 11 is 6.86. The molecule has 0 radical (unpaired) electrons. The summed E-state index contributed by atoms with van der Waals surface area (Å²) in [4.78, 5) is 37.0. The Morgan fingerprint density at radius 3 is 0.571 bits per heavy atom. The number of aliphatic carboxylic acids is 4. The van der Waals surface area contributed by atoms with Gasteiger partial charge in [0, 0.05) is 17.7 Å². The predicted octanol–water partition coefficient (Wildman–Crippen LogP) is -3.70. The number of carboxylic acids is 4. The molecule has 21 heavy (non-hydrogen) atoms. The molecule has 0 aromatic heterocycles. The molecule has 0 rings (SSSR count). The van der Waals surface area contributed by atoms with Crippen LogP contribution in [0.25, 0.3) is 0 Å². The zero-order valence-electron chi connectivity index (χ0n) is 10.1. The summed E-state index contributed by atoms with van der Waals surface area (Å²) in [7, 11) is 0. The summed E-state index contributed by atoms with van der Waals surface area (Å²) in [6.45, 7) is 0. The van der Waals surface area contributed by atoms with Gasteiger partial charge >= 0.3 is 27.3 Å². The Hall–Kier alpha value is 1.72. The molecule has 0 aliphatic rings. The average Bonchev–Trinajstić information content (AvgIpc) is 2.40. The second-order valence-corrected chi connectivity index (χ2v) is 5.07. The van der Waals surface area contributed by atoms with Gasteiger partial charge in [0.2, 0.25) is 0 Å². The van der Waals surface area contributed by atoms with Crippen LogP contribution in [-0.2, 0) is 19.2 Å². The fraction of sp³-hybridized carbons (Fsp3) is 0.500. The standard InChI is InChI=1S/4C2H3IO2.Pb/c4*3-1-2(4)5;/h4*1H2,(H,4,5);/q;;;;+4/p-4. The minimum atomic E-state index is -1.01. The Kier molecular flexibility index (Phi) is 48.3. The molecule has 0 aromatic rings. The van der Waals surface area contributed by atoms with E-state index in [1.165, 1.54) is 0 Å². The molecule has 0 aromatic carbocycles. The third-order valence-corrected chi connectivity index (χ3v) is 2.93. The molecule has 0 saturated carbocycles. The van der Waals surface area contributed by atoms with E-state index in [0.29, 0.717) is 0 Å². The second kappa shape index (κ2) is 29.7. The maximum absolute atomic E-state index is 9.25. The van der Waals surface area contributed by atoms with Crippen molar-refractivity contribution in [3.05, 3.63) is 0 Å². The fourth-order valence-corrected chi connectivity index (χ4v) is 0. The number of halogens is 4. The molecule has 0 unspecified atom stereocenters. The van der Waals surface area contributed by atoms with E-state index in [0.717, 1.165) is 0 Å². The third kappa shape index (κ3) is 89.4. The van der Waals surface area contributed by atoms with E-state index in [1.54, 1.807) is 90.4 Å². The van der Waals surface area contributed by atoms with E-state index in [-0.39, 0.29) is 45.0 Å². The molecule has 0 aliphatic heterocycles. The van der Waals surface area contributed by atoms with Gasteiger partial charge < -0.3 is 39.6 Å². The first-order chi connectivity index (χ1) is 9.08. The summed E-state index contributed by atoms with van der Waals surface area (Å²) in [6.07, 6.45) is 0. The van der Waals surface area contributed by atoms with Crippen molar-refractivity contribution in [3.63, 3.8) is 0 Å². The van der Waals surface area contributed by atoms with Crippen molar-refractivity contribution < 1.29 is 39.6 Å². The molecule has 0 atom stereocenters. The number of carbonyl (C=O) groups excluding carboxylic acids is 4. The summed E-state index contributed by atoms with van der Waals surface area (Å²) < 4.78 is 0.324. The van der Waals surface area contributed by atoms with E-state index in [4.69, 9.17) is 0 Å². The van der Waals surface area contributed by atoms with E-state index >= 15 is 0 Å². The Bertz CT molecular complexity index is 233. The minimum Gasteiger partial charge on any atom is -0.549 e. The molecule has 0 fully saturated rings. The van der Waals surface area contributed by atoms with Gasteiger partial charge in [0.15, 0.2) is 0 Å². The Morgan fingerprint density at radius 2 is 0.571 bits per heavy atom. The molecule has 0 aliphatic carbocycles. The van der Waals surface area contributed by atoms with Gasteiger partial charge in [0.05, 0.1) is 23.9 Å². The molecule has 13 heteroatoms. The van der Waals surface area contributed by atoms with Crippen molar-refractivity contribution in [3.8, 4) is 0 Å². The van der Waals surface area contributed by atoms with Gasteiger partial charge in [-0.2, -0.15) is 0 Å². The van der Waals surface area contributed by atoms with Gasteiger partial charge in [0.25, 0.3) is 0 Å². The van der Waals surface area contributed by atoms with E-state index < -0.39 is 23.9 Å². The van der Waals surface area contributed by atoms with E-state index in [9.17, 15) is 39.6 Å². The topological polar surface area (TPSA) is 161 Å². The van der Waals surface area contributed by atoms with Gasteiger partial charge in [0.1, 0.15) is 0 Å². The van der Waals surface area contributed by atoms with Gasteiger partial charge in [-0.15, -0.1) is 0 Å². The first kappa shape index (κ1) is 34.1. The molecular weight excluding hydrogens is 939 g/mol. The minimum absolute atomic E-state index is 0.